The average Bonchev–Trinajstić information content (AvgIpc) is 1.99. The second-order valence-electron chi connectivity index (χ2n) is 2.78. The third-order valence-electron chi connectivity index (χ3n) is 1.78. The van der Waals surface area contributed by atoms with Crippen LogP contribution in [0.4, 0.5) is 0 Å². The smallest absolute Gasteiger partial charge is 1.00 e. The molecule has 0 aromatic rings. The van der Waals surface area contributed by atoms with Crippen molar-refractivity contribution >= 4 is 23.1 Å². The molecule has 0 N–H and O–H groups in total. The Morgan fingerprint density at radius 1 is 1.46 bits per heavy atom. The summed E-state index contributed by atoms with van der Waals surface area (Å²) in [5, 5.41) is 22.2. The van der Waals surface area contributed by atoms with E-state index in [1.807, 2.05) is 6.92 Å². The van der Waals surface area contributed by atoms with Gasteiger partial charge in [0.15, 0.2) is 0 Å². The van der Waals surface area contributed by atoms with Gasteiger partial charge in [-0.25, -0.2) is 0 Å². The van der Waals surface area contributed by atoms with Crippen LogP contribution in [0.25, 0.3) is 0 Å². The molecule has 0 saturated heterocycles. The van der Waals surface area contributed by atoms with Crippen LogP contribution in [0.1, 0.15) is 26.7 Å². The van der Waals surface area contributed by atoms with E-state index >= 15 is 0 Å². The first-order valence-electron chi connectivity index (χ1n) is 3.97. The van der Waals surface area contributed by atoms with Crippen molar-refractivity contribution in [2.24, 2.45) is 0 Å². The number of hydroxylamine groups is 4. The largest absolute Gasteiger partial charge is 2.00 e. The molecule has 0 aromatic heterocycles. The molecule has 0 aliphatic rings. The van der Waals surface area contributed by atoms with Gasteiger partial charge in [0, 0.05) is 0 Å². The molecule has 0 fully saturated rings. The first-order valence-corrected chi connectivity index (χ1v) is 3.97. The molecule has 0 heterocycles. The standard InChI is InChI=1S/C8H16NO2.ClH.Mg/c1-4-6-7-9(10,11)8(3)5-2;;/h5,8H,2,4,6-7H2,1,3H3;1H;/q-1;;+2/p-1. The summed E-state index contributed by atoms with van der Waals surface area (Å²) in [6, 6.07) is -0.540. The number of quaternary nitrogens is 1. The molecule has 0 radical (unpaired) electrons. The fourth-order valence-corrected chi connectivity index (χ4v) is 0.743. The summed E-state index contributed by atoms with van der Waals surface area (Å²) in [5.41, 5.74) is 0. The molecule has 0 spiro atoms. The van der Waals surface area contributed by atoms with Gasteiger partial charge in [0.2, 0.25) is 0 Å². The Morgan fingerprint density at radius 2 is 1.92 bits per heavy atom. The molecule has 13 heavy (non-hydrogen) atoms. The molecule has 1 atom stereocenters. The van der Waals surface area contributed by atoms with Crippen LogP contribution < -0.4 is 12.4 Å². The molecule has 0 aromatic carbocycles. The van der Waals surface area contributed by atoms with Crippen LogP contribution in [0.5, 0.6) is 0 Å². The minimum atomic E-state index is -1.43. The topological polar surface area (TPSA) is 46.1 Å². The van der Waals surface area contributed by atoms with E-state index in [0.717, 1.165) is 6.42 Å². The van der Waals surface area contributed by atoms with E-state index in [1.165, 1.54) is 6.08 Å². The Kier molecular flexibility index (Phi) is 13.7. The number of unbranched alkanes of at least 4 members (excludes halogenated alkanes) is 1. The summed E-state index contributed by atoms with van der Waals surface area (Å²) < 4.78 is 0. The van der Waals surface area contributed by atoms with E-state index in [9.17, 15) is 10.4 Å². The number of rotatable bonds is 5. The first kappa shape index (κ1) is 19.3. The van der Waals surface area contributed by atoms with Crippen molar-refractivity contribution in [1.82, 2.24) is 0 Å². The van der Waals surface area contributed by atoms with E-state index in [0.29, 0.717) is 6.42 Å². The van der Waals surface area contributed by atoms with E-state index in [-0.39, 0.29) is 42.0 Å². The Bertz CT molecular complexity index is 133. The summed E-state index contributed by atoms with van der Waals surface area (Å²) >= 11 is 0. The van der Waals surface area contributed by atoms with Crippen molar-refractivity contribution in [3.63, 3.8) is 0 Å². The SMILES string of the molecule is C=CC(C)[N+]([O-])([O-])CCCC.[Cl-].[Mg+2]. The van der Waals surface area contributed by atoms with Gasteiger partial charge in [-0.15, -0.1) is 0 Å². The Morgan fingerprint density at radius 3 is 2.23 bits per heavy atom. The summed E-state index contributed by atoms with van der Waals surface area (Å²) in [5.74, 6) is 0. The molecular formula is C8H16ClMgNO2. The van der Waals surface area contributed by atoms with E-state index in [4.69, 9.17) is 0 Å². The second-order valence-corrected chi connectivity index (χ2v) is 2.78. The Labute approximate surface area is 102 Å². The second kappa shape index (κ2) is 9.24. The van der Waals surface area contributed by atoms with Gasteiger partial charge in [-0.3, -0.25) is 0 Å². The van der Waals surface area contributed by atoms with E-state index in [1.54, 1.807) is 6.92 Å². The molecule has 0 aliphatic carbocycles. The number of halogens is 1. The zero-order valence-corrected chi connectivity index (χ0v) is 10.5. The van der Waals surface area contributed by atoms with Gasteiger partial charge in [-0.2, -0.15) is 0 Å². The minimum absolute atomic E-state index is 0. The molecular weight excluding hydrogens is 202 g/mol. The van der Waals surface area contributed by atoms with Gasteiger partial charge >= 0.3 is 23.1 Å². The number of nitrogens with zero attached hydrogens (tertiary/aromatic N) is 1. The van der Waals surface area contributed by atoms with E-state index < -0.39 is 10.9 Å². The predicted octanol–water partition coefficient (Wildman–Crippen LogP) is -1.20. The van der Waals surface area contributed by atoms with Crippen molar-refractivity contribution in [3.8, 4) is 0 Å². The Hall–Kier alpha value is 0.676. The molecule has 0 amide bonds. The van der Waals surface area contributed by atoms with Gasteiger partial charge in [-0.05, 0) is 19.4 Å². The molecule has 0 saturated carbocycles. The zero-order chi connectivity index (χ0) is 8.91. The summed E-state index contributed by atoms with van der Waals surface area (Å²) in [6.45, 7) is 7.12. The maximum Gasteiger partial charge on any atom is 2.00 e. The van der Waals surface area contributed by atoms with Crippen molar-refractivity contribution in [3.05, 3.63) is 23.1 Å². The van der Waals surface area contributed by atoms with Gasteiger partial charge in [0.05, 0.1) is 6.54 Å². The van der Waals surface area contributed by atoms with Crippen LogP contribution in [-0.4, -0.2) is 40.4 Å². The molecule has 0 rings (SSSR count). The molecule has 1 unspecified atom stereocenters. The van der Waals surface area contributed by atoms with Crippen LogP contribution in [0.15, 0.2) is 12.7 Å². The van der Waals surface area contributed by atoms with Crippen molar-refractivity contribution in [1.29, 1.82) is 0 Å². The molecule has 74 valence electrons. The van der Waals surface area contributed by atoms with E-state index in [2.05, 4.69) is 6.58 Å². The van der Waals surface area contributed by atoms with Crippen LogP contribution >= 0.6 is 0 Å². The number of hydrogen-bond acceptors (Lipinski definition) is 2. The van der Waals surface area contributed by atoms with Gasteiger partial charge < -0.3 is 27.6 Å². The van der Waals surface area contributed by atoms with Crippen molar-refractivity contribution in [2.45, 2.75) is 32.7 Å². The van der Waals surface area contributed by atoms with Crippen LogP contribution in [0.2, 0.25) is 0 Å². The van der Waals surface area contributed by atoms with Crippen LogP contribution in [0, 0.1) is 10.4 Å². The molecule has 5 heteroatoms. The number of hydrogen-bond donors (Lipinski definition) is 0. The first-order chi connectivity index (χ1) is 5.04. The quantitative estimate of drug-likeness (QED) is 0.252. The maximum absolute atomic E-state index is 11.1. The van der Waals surface area contributed by atoms with Gasteiger partial charge in [0.1, 0.15) is 6.04 Å². The third kappa shape index (κ3) is 7.72. The minimum Gasteiger partial charge on any atom is -1.00 e. The van der Waals surface area contributed by atoms with Gasteiger partial charge in [-0.1, -0.05) is 19.9 Å². The molecule has 3 nitrogen and oxygen atoms in total. The normalized spacial score (nSPS) is 12.3. The zero-order valence-electron chi connectivity index (χ0n) is 8.33. The third-order valence-corrected chi connectivity index (χ3v) is 1.78. The van der Waals surface area contributed by atoms with Crippen LogP contribution in [-0.2, 0) is 0 Å². The van der Waals surface area contributed by atoms with Crippen molar-refractivity contribution in [2.75, 3.05) is 6.54 Å². The molecule has 0 bridgehead atoms. The monoisotopic (exact) mass is 217 g/mol. The van der Waals surface area contributed by atoms with Gasteiger partial charge in [0.25, 0.3) is 0 Å². The summed E-state index contributed by atoms with van der Waals surface area (Å²) in [4.78, 5) is -1.43. The maximum atomic E-state index is 11.1. The fraction of sp³-hybridized carbons (Fsp3) is 0.750. The van der Waals surface area contributed by atoms with Crippen molar-refractivity contribution < 1.29 is 17.2 Å². The summed E-state index contributed by atoms with van der Waals surface area (Å²) in [7, 11) is 0. The summed E-state index contributed by atoms with van der Waals surface area (Å²) in [6.07, 6.45) is 2.98. The molecule has 0 aliphatic heterocycles. The van der Waals surface area contributed by atoms with Crippen LogP contribution in [0.3, 0.4) is 0 Å². The Balaban J connectivity index is -0.000000500. The predicted molar refractivity (Wildman–Crippen MR) is 52.2 cm³/mol. The average molecular weight is 218 g/mol. The fourth-order valence-electron chi connectivity index (χ4n) is 0.743.